The molecule has 0 atom stereocenters. The Morgan fingerprint density at radius 2 is 1.25 bits per heavy atom. The van der Waals surface area contributed by atoms with Crippen LogP contribution < -0.4 is 5.73 Å². The summed E-state index contributed by atoms with van der Waals surface area (Å²) >= 11 is 3.77. The molecule has 0 unspecified atom stereocenters. The van der Waals surface area contributed by atoms with E-state index < -0.39 is 0 Å². The van der Waals surface area contributed by atoms with Crippen LogP contribution in [0.1, 0.15) is 48.5 Å². The molecule has 0 aliphatic carbocycles. The zero-order valence-corrected chi connectivity index (χ0v) is 13.4. The fourth-order valence-electron chi connectivity index (χ4n) is 0. The molecule has 3 heteroatoms. The van der Waals surface area contributed by atoms with Gasteiger partial charge in [-0.3, -0.25) is 0 Å². The minimum atomic E-state index is 0.861. The lowest BCUT2D eigenvalue weighted by Crippen LogP contribution is -1.86. The number of aliphatic imine (C=N–C) groups is 1. The first-order valence-electron chi connectivity index (χ1n) is 5.50. The zero-order valence-electron chi connectivity index (χ0n) is 12.5. The quantitative estimate of drug-likeness (QED) is 0.474. The predicted molar refractivity (Wildman–Crippen MR) is 85.6 cm³/mol. The van der Waals surface area contributed by atoms with E-state index in [4.69, 9.17) is 5.73 Å². The van der Waals surface area contributed by atoms with Crippen LogP contribution >= 0.6 is 12.6 Å². The average Bonchev–Trinajstić information content (AvgIpc) is 2.24. The van der Waals surface area contributed by atoms with Gasteiger partial charge in [-0.15, -0.1) is 12.6 Å². The molecule has 0 aromatic heterocycles. The van der Waals surface area contributed by atoms with Gasteiger partial charge in [0.1, 0.15) is 0 Å². The molecule has 0 rings (SSSR count). The first kappa shape index (κ1) is 29.5. The first-order chi connectivity index (χ1) is 7.42. The van der Waals surface area contributed by atoms with E-state index in [1.165, 1.54) is 0 Å². The van der Waals surface area contributed by atoms with Gasteiger partial charge in [0.2, 0.25) is 0 Å². The normalized spacial score (nSPS) is 6.94. The third-order valence-electron chi connectivity index (χ3n) is 0.455. The molecule has 2 N–H and O–H groups in total. The van der Waals surface area contributed by atoms with Crippen molar-refractivity contribution in [3.63, 3.8) is 0 Å². The summed E-state index contributed by atoms with van der Waals surface area (Å²) in [5.41, 5.74) is 6.03. The van der Waals surface area contributed by atoms with Crippen molar-refractivity contribution in [2.24, 2.45) is 10.7 Å². The Morgan fingerprint density at radius 3 is 1.25 bits per heavy atom. The molecule has 0 radical (unpaired) electrons. The maximum absolute atomic E-state index is 5.15. The summed E-state index contributed by atoms with van der Waals surface area (Å²) in [6, 6.07) is 0. The molecule has 0 fully saturated rings. The third-order valence-corrected chi connectivity index (χ3v) is 0.455. The summed E-state index contributed by atoms with van der Waals surface area (Å²) in [7, 11) is 1.64. The van der Waals surface area contributed by atoms with Crippen LogP contribution in [0.4, 0.5) is 0 Å². The smallest absolute Gasteiger partial charge is 0.0269 e. The Labute approximate surface area is 109 Å². The molecule has 0 saturated carbocycles. The van der Waals surface area contributed by atoms with Crippen LogP contribution in [-0.4, -0.2) is 13.8 Å². The highest BCUT2D eigenvalue weighted by Gasteiger charge is 1.60. The molecule has 0 aromatic carbocycles. The molecule has 0 amide bonds. The van der Waals surface area contributed by atoms with E-state index in [1.54, 1.807) is 7.05 Å². The number of thiol groups is 1. The van der Waals surface area contributed by atoms with E-state index in [0.29, 0.717) is 0 Å². The lowest BCUT2D eigenvalue weighted by molar-refractivity contribution is 1.29. The highest BCUT2D eigenvalue weighted by Crippen LogP contribution is 1.86. The molecule has 0 aliphatic heterocycles. The van der Waals surface area contributed by atoms with Gasteiger partial charge in [-0.1, -0.05) is 40.3 Å². The highest BCUT2D eigenvalue weighted by molar-refractivity contribution is 7.84. The molecule has 0 spiro atoms. The largest absolute Gasteiger partial charge is 0.403 e. The van der Waals surface area contributed by atoms with Crippen molar-refractivity contribution < 1.29 is 0 Å². The lowest BCUT2D eigenvalue weighted by atomic mass is 10.5. The Balaban J connectivity index is -0.0000000334. The predicted octanol–water partition coefficient (Wildman–Crippen LogP) is 4.69. The summed E-state index contributed by atoms with van der Waals surface area (Å²) in [6.45, 7) is 20.1. The van der Waals surface area contributed by atoms with E-state index in [0.717, 1.165) is 10.6 Å². The maximum atomic E-state index is 5.15. The maximum Gasteiger partial charge on any atom is 0.0269 e. The van der Waals surface area contributed by atoms with E-state index >= 15 is 0 Å². The van der Waals surface area contributed by atoms with Gasteiger partial charge in [0.05, 0.1) is 0 Å². The Morgan fingerprint density at radius 1 is 1.19 bits per heavy atom. The Bertz CT molecular complexity index is 133. The topological polar surface area (TPSA) is 38.4 Å². The number of hydrogen-bond donors (Lipinski definition) is 2. The second-order valence-corrected chi connectivity index (χ2v) is 2.85. The van der Waals surface area contributed by atoms with Crippen molar-refractivity contribution >= 4 is 19.3 Å². The summed E-state index contributed by atoms with van der Waals surface area (Å²) in [5.74, 6) is 0. The van der Waals surface area contributed by atoms with Crippen molar-refractivity contribution in [1.29, 1.82) is 0 Å². The van der Waals surface area contributed by atoms with Crippen LogP contribution in [0.25, 0.3) is 0 Å². The number of nitrogens with zero attached hydrogens (tertiary/aromatic N) is 1. The standard InChI is InChI=1S/C4H9N.C3H6S.C2H5N.2C2H6/c1-3-4(2)5;1-3(2)4;1-3-2;2*1-2/h3H,5H2,1-2H3;4H,1H2,2H3;1H2,2H3;2*1-2H3/b4-3-;;;;. The number of nitrogens with two attached hydrogens (primary N) is 1. The van der Waals surface area contributed by atoms with Gasteiger partial charge in [0.15, 0.2) is 0 Å². The molecule has 16 heavy (non-hydrogen) atoms. The molecular formula is C13H32N2S. The molecular weight excluding hydrogens is 216 g/mol. The molecule has 0 heterocycles. The van der Waals surface area contributed by atoms with Gasteiger partial charge < -0.3 is 10.7 Å². The van der Waals surface area contributed by atoms with E-state index in [1.807, 2.05) is 54.5 Å². The SMILES string of the molecule is C/C=C(/C)N.C=C(C)S.C=NC.CC.CC. The van der Waals surface area contributed by atoms with Crippen molar-refractivity contribution in [2.75, 3.05) is 7.05 Å². The summed E-state index contributed by atoms with van der Waals surface area (Å²) in [6.07, 6.45) is 1.86. The Kier molecular flexibility index (Phi) is 87.5. The van der Waals surface area contributed by atoms with Gasteiger partial charge in [-0.25, -0.2) is 0 Å². The van der Waals surface area contributed by atoms with Crippen LogP contribution in [0, 0.1) is 0 Å². The van der Waals surface area contributed by atoms with Crippen LogP contribution in [0.2, 0.25) is 0 Å². The average molecular weight is 248 g/mol. The number of rotatable bonds is 0. The van der Waals surface area contributed by atoms with E-state index in [9.17, 15) is 0 Å². The molecule has 2 nitrogen and oxygen atoms in total. The minimum Gasteiger partial charge on any atom is -0.403 e. The lowest BCUT2D eigenvalue weighted by Gasteiger charge is -1.76. The molecule has 0 aliphatic rings. The van der Waals surface area contributed by atoms with Gasteiger partial charge in [0, 0.05) is 12.7 Å². The van der Waals surface area contributed by atoms with Gasteiger partial charge in [-0.05, 0) is 32.4 Å². The second kappa shape index (κ2) is 47.5. The van der Waals surface area contributed by atoms with Gasteiger partial charge in [-0.2, -0.15) is 0 Å². The fourth-order valence-corrected chi connectivity index (χ4v) is 0. The molecule has 100 valence electrons. The van der Waals surface area contributed by atoms with Crippen LogP contribution in [0.15, 0.2) is 28.2 Å². The summed E-state index contributed by atoms with van der Waals surface area (Å²) in [4.78, 5) is 4.11. The van der Waals surface area contributed by atoms with Gasteiger partial charge >= 0.3 is 0 Å². The van der Waals surface area contributed by atoms with Crippen molar-refractivity contribution in [1.82, 2.24) is 0 Å². The van der Waals surface area contributed by atoms with Crippen molar-refractivity contribution in [3.8, 4) is 0 Å². The van der Waals surface area contributed by atoms with Crippen LogP contribution in [0.5, 0.6) is 0 Å². The Hall–Kier alpha value is -0.700. The van der Waals surface area contributed by atoms with Gasteiger partial charge in [0.25, 0.3) is 0 Å². The molecule has 0 saturated heterocycles. The van der Waals surface area contributed by atoms with Crippen LogP contribution in [0.3, 0.4) is 0 Å². The summed E-state index contributed by atoms with van der Waals surface area (Å²) < 4.78 is 0. The second-order valence-electron chi connectivity index (χ2n) is 2.08. The monoisotopic (exact) mass is 248 g/mol. The summed E-state index contributed by atoms with van der Waals surface area (Å²) in [5, 5.41) is 0. The molecule has 0 aromatic rings. The number of allylic oxidation sites excluding steroid dienone is 3. The highest BCUT2D eigenvalue weighted by atomic mass is 32.1. The van der Waals surface area contributed by atoms with Crippen molar-refractivity contribution in [2.45, 2.75) is 48.5 Å². The van der Waals surface area contributed by atoms with E-state index in [2.05, 4.69) is 30.9 Å². The third kappa shape index (κ3) is 1190. The van der Waals surface area contributed by atoms with E-state index in [-0.39, 0.29) is 0 Å². The first-order valence-corrected chi connectivity index (χ1v) is 5.94. The minimum absolute atomic E-state index is 0.861. The fraction of sp³-hybridized carbons (Fsp3) is 0.615. The van der Waals surface area contributed by atoms with Crippen LogP contribution in [-0.2, 0) is 0 Å². The van der Waals surface area contributed by atoms with Crippen molar-refractivity contribution in [3.05, 3.63) is 23.3 Å². The number of hydrogen-bond acceptors (Lipinski definition) is 3. The molecule has 0 bridgehead atoms. The zero-order chi connectivity index (χ0) is 14.6.